The van der Waals surface area contributed by atoms with Crippen molar-refractivity contribution >= 4 is 10.8 Å². The Morgan fingerprint density at radius 3 is 2.47 bits per heavy atom. The Morgan fingerprint density at radius 1 is 0.941 bits per heavy atom. The van der Waals surface area contributed by atoms with Crippen LogP contribution in [0.1, 0.15) is 18.4 Å². The summed E-state index contributed by atoms with van der Waals surface area (Å²) in [5.74, 6) is -0.162. The van der Waals surface area contributed by atoms with Crippen LogP contribution in [0.15, 0.2) is 36.4 Å². The summed E-state index contributed by atoms with van der Waals surface area (Å²) in [6.07, 6.45) is 2.64. The molecule has 1 fully saturated rings. The lowest BCUT2D eigenvalue weighted by Crippen LogP contribution is -2.18. The Kier molecular flexibility index (Phi) is 2.81. The van der Waals surface area contributed by atoms with Crippen molar-refractivity contribution in [2.75, 3.05) is 13.1 Å². The minimum atomic E-state index is -0.162. The summed E-state index contributed by atoms with van der Waals surface area (Å²) in [5.41, 5.74) is 1.33. The van der Waals surface area contributed by atoms with Gasteiger partial charge in [0.05, 0.1) is 0 Å². The van der Waals surface area contributed by atoms with Crippen LogP contribution in [0.5, 0.6) is 0 Å². The molecule has 2 aromatic rings. The zero-order valence-corrected chi connectivity index (χ0v) is 9.82. The van der Waals surface area contributed by atoms with E-state index >= 15 is 0 Å². The monoisotopic (exact) mass is 229 g/mol. The summed E-state index contributed by atoms with van der Waals surface area (Å²) in [6.45, 7) is 3.44. The summed E-state index contributed by atoms with van der Waals surface area (Å²) < 4.78 is 13.1. The van der Waals surface area contributed by atoms with E-state index in [1.807, 2.05) is 12.1 Å². The van der Waals surface area contributed by atoms with Crippen LogP contribution < -0.4 is 0 Å². The predicted molar refractivity (Wildman–Crippen MR) is 68.4 cm³/mol. The molecular formula is C15H16FN. The Hall–Kier alpha value is -1.41. The SMILES string of the molecule is Fc1ccc2cc(CN3CCCC3)ccc2c1. The Balaban J connectivity index is 1.88. The highest BCUT2D eigenvalue weighted by Gasteiger charge is 2.11. The number of likely N-dealkylation sites (tertiary alicyclic amines) is 1. The quantitative estimate of drug-likeness (QED) is 0.761. The summed E-state index contributed by atoms with van der Waals surface area (Å²) in [5, 5.41) is 2.11. The van der Waals surface area contributed by atoms with Crippen molar-refractivity contribution in [3.8, 4) is 0 Å². The molecule has 3 rings (SSSR count). The van der Waals surface area contributed by atoms with E-state index in [2.05, 4.69) is 17.0 Å². The first kappa shape index (κ1) is 10.7. The van der Waals surface area contributed by atoms with Crippen molar-refractivity contribution in [1.29, 1.82) is 0 Å². The van der Waals surface area contributed by atoms with Crippen molar-refractivity contribution in [3.05, 3.63) is 47.8 Å². The number of benzene rings is 2. The Labute approximate surface area is 101 Å². The summed E-state index contributed by atoms with van der Waals surface area (Å²) in [4.78, 5) is 2.48. The fraction of sp³-hybridized carbons (Fsp3) is 0.333. The van der Waals surface area contributed by atoms with Crippen molar-refractivity contribution in [2.45, 2.75) is 19.4 Å². The van der Waals surface area contributed by atoms with Gasteiger partial charge in [0.1, 0.15) is 5.82 Å². The molecule has 0 spiro atoms. The molecule has 0 radical (unpaired) electrons. The van der Waals surface area contributed by atoms with Crippen molar-refractivity contribution < 1.29 is 4.39 Å². The molecule has 88 valence electrons. The van der Waals surface area contributed by atoms with Gasteiger partial charge >= 0.3 is 0 Å². The first-order valence-corrected chi connectivity index (χ1v) is 6.22. The smallest absolute Gasteiger partial charge is 0.123 e. The van der Waals surface area contributed by atoms with E-state index in [0.29, 0.717) is 0 Å². The van der Waals surface area contributed by atoms with Crippen LogP contribution in [0.2, 0.25) is 0 Å². The molecule has 2 aromatic carbocycles. The molecule has 2 heteroatoms. The van der Waals surface area contributed by atoms with Gasteiger partial charge in [0, 0.05) is 6.54 Å². The van der Waals surface area contributed by atoms with Gasteiger partial charge in [-0.2, -0.15) is 0 Å². The fourth-order valence-corrected chi connectivity index (χ4v) is 2.56. The van der Waals surface area contributed by atoms with Gasteiger partial charge in [-0.05, 0) is 60.5 Å². The maximum absolute atomic E-state index is 13.1. The van der Waals surface area contributed by atoms with Gasteiger partial charge in [-0.15, -0.1) is 0 Å². The number of hydrogen-bond acceptors (Lipinski definition) is 1. The zero-order valence-electron chi connectivity index (χ0n) is 9.82. The maximum Gasteiger partial charge on any atom is 0.123 e. The average Bonchev–Trinajstić information content (AvgIpc) is 2.82. The second-order valence-corrected chi connectivity index (χ2v) is 4.81. The number of rotatable bonds is 2. The molecule has 0 bridgehead atoms. The molecule has 0 aliphatic carbocycles. The molecular weight excluding hydrogens is 213 g/mol. The lowest BCUT2D eigenvalue weighted by atomic mass is 10.1. The topological polar surface area (TPSA) is 3.24 Å². The molecule has 0 unspecified atom stereocenters. The van der Waals surface area contributed by atoms with Gasteiger partial charge in [0.2, 0.25) is 0 Å². The van der Waals surface area contributed by atoms with Crippen LogP contribution in [0.4, 0.5) is 4.39 Å². The van der Waals surface area contributed by atoms with Gasteiger partial charge in [-0.3, -0.25) is 4.90 Å². The van der Waals surface area contributed by atoms with Gasteiger partial charge in [-0.25, -0.2) is 4.39 Å². The normalized spacial score (nSPS) is 16.8. The van der Waals surface area contributed by atoms with Crippen LogP contribution in [0.3, 0.4) is 0 Å². The zero-order chi connectivity index (χ0) is 11.7. The van der Waals surface area contributed by atoms with E-state index in [4.69, 9.17) is 0 Å². The third-order valence-electron chi connectivity index (χ3n) is 3.47. The van der Waals surface area contributed by atoms with Crippen molar-refractivity contribution in [2.24, 2.45) is 0 Å². The second-order valence-electron chi connectivity index (χ2n) is 4.81. The minimum absolute atomic E-state index is 0.162. The molecule has 0 aromatic heterocycles. The highest BCUT2D eigenvalue weighted by Crippen LogP contribution is 2.19. The molecule has 1 nitrogen and oxygen atoms in total. The standard InChI is InChI=1S/C15H16FN/c16-15-6-5-13-9-12(3-4-14(13)10-15)11-17-7-1-2-8-17/h3-6,9-10H,1-2,7-8,11H2. The summed E-state index contributed by atoms with van der Waals surface area (Å²) in [7, 11) is 0. The van der Waals surface area contributed by atoms with E-state index < -0.39 is 0 Å². The predicted octanol–water partition coefficient (Wildman–Crippen LogP) is 3.57. The van der Waals surface area contributed by atoms with E-state index in [0.717, 1.165) is 17.3 Å². The van der Waals surface area contributed by atoms with Crippen LogP contribution in [0, 0.1) is 5.82 Å². The molecule has 0 saturated carbocycles. The van der Waals surface area contributed by atoms with Crippen LogP contribution in [0.25, 0.3) is 10.8 Å². The maximum atomic E-state index is 13.1. The molecule has 0 amide bonds. The first-order chi connectivity index (χ1) is 8.31. The average molecular weight is 229 g/mol. The Bertz CT molecular complexity index is 529. The largest absolute Gasteiger partial charge is 0.299 e. The van der Waals surface area contributed by atoms with Crippen molar-refractivity contribution in [3.63, 3.8) is 0 Å². The highest BCUT2D eigenvalue weighted by atomic mass is 19.1. The molecule has 1 saturated heterocycles. The van der Waals surface area contributed by atoms with E-state index in [-0.39, 0.29) is 5.82 Å². The van der Waals surface area contributed by atoms with Gasteiger partial charge < -0.3 is 0 Å². The van der Waals surface area contributed by atoms with Gasteiger partial charge in [0.25, 0.3) is 0 Å². The molecule has 0 atom stereocenters. The molecule has 17 heavy (non-hydrogen) atoms. The first-order valence-electron chi connectivity index (χ1n) is 6.22. The molecule has 0 N–H and O–H groups in total. The van der Waals surface area contributed by atoms with E-state index in [1.165, 1.54) is 37.6 Å². The number of fused-ring (bicyclic) bond motifs is 1. The Morgan fingerprint density at radius 2 is 1.65 bits per heavy atom. The second kappa shape index (κ2) is 4.46. The summed E-state index contributed by atoms with van der Waals surface area (Å²) in [6, 6.07) is 11.3. The number of halogens is 1. The summed E-state index contributed by atoms with van der Waals surface area (Å²) >= 11 is 0. The molecule has 1 heterocycles. The van der Waals surface area contributed by atoms with Gasteiger partial charge in [0.15, 0.2) is 0 Å². The lowest BCUT2D eigenvalue weighted by molar-refractivity contribution is 0.331. The van der Waals surface area contributed by atoms with Gasteiger partial charge in [-0.1, -0.05) is 18.2 Å². The van der Waals surface area contributed by atoms with E-state index in [1.54, 1.807) is 6.07 Å². The fourth-order valence-electron chi connectivity index (χ4n) is 2.56. The van der Waals surface area contributed by atoms with E-state index in [9.17, 15) is 4.39 Å². The number of hydrogen-bond donors (Lipinski definition) is 0. The molecule has 1 aliphatic rings. The van der Waals surface area contributed by atoms with Crippen molar-refractivity contribution in [1.82, 2.24) is 4.90 Å². The third kappa shape index (κ3) is 2.32. The highest BCUT2D eigenvalue weighted by molar-refractivity contribution is 5.83. The van der Waals surface area contributed by atoms with Crippen LogP contribution in [-0.2, 0) is 6.54 Å². The number of nitrogens with zero attached hydrogens (tertiary/aromatic N) is 1. The minimum Gasteiger partial charge on any atom is -0.299 e. The third-order valence-corrected chi connectivity index (χ3v) is 3.47. The molecule has 1 aliphatic heterocycles. The van der Waals surface area contributed by atoms with Crippen LogP contribution in [-0.4, -0.2) is 18.0 Å². The van der Waals surface area contributed by atoms with Crippen LogP contribution >= 0.6 is 0 Å². The lowest BCUT2D eigenvalue weighted by Gasteiger charge is -2.14.